The molecule has 0 unspecified atom stereocenters. The monoisotopic (exact) mass is 393 g/mol. The van der Waals surface area contributed by atoms with Crippen molar-refractivity contribution < 1.29 is 4.79 Å². The molecule has 1 heterocycles. The summed E-state index contributed by atoms with van der Waals surface area (Å²) in [6.45, 7) is 3.52. The zero-order chi connectivity index (χ0) is 16.1. The van der Waals surface area contributed by atoms with Crippen molar-refractivity contribution in [2.75, 3.05) is 13.1 Å². The summed E-state index contributed by atoms with van der Waals surface area (Å²) in [6.07, 6.45) is 0.691. The van der Waals surface area contributed by atoms with Gasteiger partial charge in [-0.3, -0.25) is 4.79 Å². The molecule has 0 bridgehead atoms. The number of hydrogen-bond acceptors (Lipinski definition) is 4. The van der Waals surface area contributed by atoms with E-state index in [-0.39, 0.29) is 18.3 Å². The van der Waals surface area contributed by atoms with Gasteiger partial charge in [0.05, 0.1) is 15.1 Å². The van der Waals surface area contributed by atoms with Crippen LogP contribution < -0.4 is 5.73 Å². The Morgan fingerprint density at radius 3 is 2.70 bits per heavy atom. The first kappa shape index (κ1) is 20.2. The van der Waals surface area contributed by atoms with Crippen LogP contribution in [0.2, 0.25) is 10.0 Å². The number of carbonyl (C=O) groups is 1. The highest BCUT2D eigenvalue weighted by Crippen LogP contribution is 2.23. The highest BCUT2D eigenvalue weighted by molar-refractivity contribution is 7.09. The topological polar surface area (TPSA) is 59.2 Å². The van der Waals surface area contributed by atoms with Crippen molar-refractivity contribution in [2.45, 2.75) is 19.9 Å². The number of benzene rings is 1. The maximum atomic E-state index is 12.5. The van der Waals surface area contributed by atoms with Gasteiger partial charge in [0.2, 0.25) is 0 Å². The van der Waals surface area contributed by atoms with Crippen LogP contribution in [-0.2, 0) is 13.0 Å². The van der Waals surface area contributed by atoms with E-state index in [0.29, 0.717) is 41.8 Å². The third kappa shape index (κ3) is 5.33. The number of nitrogens with two attached hydrogens (primary N) is 1. The largest absolute Gasteiger partial charge is 0.333 e. The fourth-order valence-electron chi connectivity index (χ4n) is 2.00. The number of nitrogens with zero attached hydrogens (tertiary/aromatic N) is 2. The fraction of sp³-hybridized carbons (Fsp3) is 0.333. The van der Waals surface area contributed by atoms with Crippen LogP contribution in [0.15, 0.2) is 23.6 Å². The maximum Gasteiger partial charge on any atom is 0.273 e. The molecule has 8 heteroatoms. The number of amides is 1. The third-order valence-electron chi connectivity index (χ3n) is 3.16. The van der Waals surface area contributed by atoms with Gasteiger partial charge in [-0.25, -0.2) is 4.98 Å². The number of carbonyl (C=O) groups excluding carboxylic acids is 1. The first-order valence-electron chi connectivity index (χ1n) is 6.92. The zero-order valence-corrected chi connectivity index (χ0v) is 15.7. The summed E-state index contributed by atoms with van der Waals surface area (Å²) in [5.41, 5.74) is 6.91. The molecule has 4 nitrogen and oxygen atoms in total. The number of hydrogen-bond donors (Lipinski definition) is 1. The van der Waals surface area contributed by atoms with Crippen LogP contribution in [0.3, 0.4) is 0 Å². The lowest BCUT2D eigenvalue weighted by Gasteiger charge is -2.20. The minimum absolute atomic E-state index is 0. The molecule has 2 aromatic rings. The minimum atomic E-state index is -0.0897. The molecule has 2 N–H and O–H groups in total. The Labute approximate surface area is 156 Å². The third-order valence-corrected chi connectivity index (χ3v) is 4.80. The van der Waals surface area contributed by atoms with Crippen LogP contribution in [0.25, 0.3) is 0 Å². The molecule has 1 aromatic carbocycles. The van der Waals surface area contributed by atoms with E-state index in [1.165, 1.54) is 11.3 Å². The second-order valence-corrected chi connectivity index (χ2v) is 6.49. The lowest BCUT2D eigenvalue weighted by atomic mass is 10.2. The molecule has 23 heavy (non-hydrogen) atoms. The molecule has 0 aliphatic carbocycles. The lowest BCUT2D eigenvalue weighted by Crippen LogP contribution is -2.30. The van der Waals surface area contributed by atoms with Crippen molar-refractivity contribution >= 4 is 52.9 Å². The first-order valence-corrected chi connectivity index (χ1v) is 8.56. The van der Waals surface area contributed by atoms with Crippen molar-refractivity contribution in [1.82, 2.24) is 9.88 Å². The average Bonchev–Trinajstić information content (AvgIpc) is 2.96. The van der Waals surface area contributed by atoms with Crippen molar-refractivity contribution in [3.8, 4) is 0 Å². The predicted octanol–water partition coefficient (Wildman–Crippen LogP) is 4.04. The standard InChI is InChI=1S/C15H17Cl2N3OS.ClH/c1-2-20(8-10-3-4-11(16)12(17)7-10)15(21)13-9-22-14(19-13)5-6-18;/h3-4,7,9H,2,5-6,8,18H2,1H3;1H. The fourth-order valence-corrected chi connectivity index (χ4v) is 3.10. The molecule has 0 aliphatic rings. The molecule has 2 rings (SSSR count). The molecule has 0 saturated heterocycles. The van der Waals surface area contributed by atoms with E-state index in [1.807, 2.05) is 13.0 Å². The Hall–Kier alpha value is -0.850. The Balaban J connectivity index is 0.00000264. The molecule has 1 aromatic heterocycles. The van der Waals surface area contributed by atoms with E-state index < -0.39 is 0 Å². The van der Waals surface area contributed by atoms with E-state index in [4.69, 9.17) is 28.9 Å². The molecule has 126 valence electrons. The van der Waals surface area contributed by atoms with Gasteiger partial charge in [-0.2, -0.15) is 0 Å². The Kier molecular flexibility index (Phi) is 8.29. The summed E-state index contributed by atoms with van der Waals surface area (Å²) in [5, 5.41) is 3.66. The number of rotatable bonds is 6. The molecule has 0 saturated carbocycles. The van der Waals surface area contributed by atoms with Crippen LogP contribution >= 0.6 is 46.9 Å². The highest BCUT2D eigenvalue weighted by Gasteiger charge is 2.18. The SMILES string of the molecule is CCN(Cc1ccc(Cl)c(Cl)c1)C(=O)c1csc(CCN)n1.Cl. The number of halogens is 3. The maximum absolute atomic E-state index is 12.5. The smallest absolute Gasteiger partial charge is 0.273 e. The van der Waals surface area contributed by atoms with Crippen molar-refractivity contribution in [3.05, 3.63) is 49.9 Å². The Morgan fingerprint density at radius 1 is 1.35 bits per heavy atom. The molecule has 1 amide bonds. The van der Waals surface area contributed by atoms with E-state index >= 15 is 0 Å². The number of aromatic nitrogens is 1. The van der Waals surface area contributed by atoms with Crippen LogP contribution in [-0.4, -0.2) is 28.9 Å². The predicted molar refractivity (Wildman–Crippen MR) is 99.0 cm³/mol. The van der Waals surface area contributed by atoms with Gasteiger partial charge in [-0.15, -0.1) is 23.7 Å². The van der Waals surface area contributed by atoms with Gasteiger partial charge in [0.1, 0.15) is 5.69 Å². The van der Waals surface area contributed by atoms with Crippen LogP contribution in [0, 0.1) is 0 Å². The van der Waals surface area contributed by atoms with Crippen molar-refractivity contribution in [2.24, 2.45) is 5.73 Å². The first-order chi connectivity index (χ1) is 10.5. The molecule has 0 fully saturated rings. The van der Waals surface area contributed by atoms with E-state index in [0.717, 1.165) is 10.6 Å². The lowest BCUT2D eigenvalue weighted by molar-refractivity contribution is 0.0747. The normalized spacial score (nSPS) is 10.3. The highest BCUT2D eigenvalue weighted by atomic mass is 35.5. The Bertz CT molecular complexity index is 663. The summed E-state index contributed by atoms with van der Waals surface area (Å²) < 4.78 is 0. The van der Waals surface area contributed by atoms with E-state index in [2.05, 4.69) is 4.98 Å². The van der Waals surface area contributed by atoms with Gasteiger partial charge in [-0.05, 0) is 31.2 Å². The molecule has 0 atom stereocenters. The van der Waals surface area contributed by atoms with Crippen molar-refractivity contribution in [3.63, 3.8) is 0 Å². The van der Waals surface area contributed by atoms with Gasteiger partial charge in [0.25, 0.3) is 5.91 Å². The second-order valence-electron chi connectivity index (χ2n) is 4.73. The summed E-state index contributed by atoms with van der Waals surface area (Å²) >= 11 is 13.4. The van der Waals surface area contributed by atoms with Gasteiger partial charge in [-0.1, -0.05) is 29.3 Å². The molecular weight excluding hydrogens is 377 g/mol. The van der Waals surface area contributed by atoms with Crippen molar-refractivity contribution in [1.29, 1.82) is 0 Å². The second kappa shape index (κ2) is 9.45. The van der Waals surface area contributed by atoms with Gasteiger partial charge in [0, 0.05) is 24.9 Å². The number of thiazole rings is 1. The molecule has 0 radical (unpaired) electrons. The van der Waals surface area contributed by atoms with Gasteiger partial charge >= 0.3 is 0 Å². The van der Waals surface area contributed by atoms with E-state index in [1.54, 1.807) is 22.4 Å². The summed E-state index contributed by atoms with van der Waals surface area (Å²) in [4.78, 5) is 18.6. The zero-order valence-electron chi connectivity index (χ0n) is 12.6. The molecule has 0 aliphatic heterocycles. The molecule has 0 spiro atoms. The minimum Gasteiger partial charge on any atom is -0.333 e. The van der Waals surface area contributed by atoms with Gasteiger partial charge < -0.3 is 10.6 Å². The van der Waals surface area contributed by atoms with E-state index in [9.17, 15) is 4.79 Å². The van der Waals surface area contributed by atoms with Crippen LogP contribution in [0.4, 0.5) is 0 Å². The van der Waals surface area contributed by atoms with Crippen LogP contribution in [0.5, 0.6) is 0 Å². The van der Waals surface area contributed by atoms with Crippen LogP contribution in [0.1, 0.15) is 28.0 Å². The molecular formula is C15H18Cl3N3OS. The summed E-state index contributed by atoms with van der Waals surface area (Å²) in [6, 6.07) is 5.38. The van der Waals surface area contributed by atoms with Gasteiger partial charge in [0.15, 0.2) is 0 Å². The Morgan fingerprint density at radius 2 is 2.09 bits per heavy atom. The quantitative estimate of drug-likeness (QED) is 0.804. The summed E-state index contributed by atoms with van der Waals surface area (Å²) in [5.74, 6) is -0.0897. The average molecular weight is 395 g/mol. The summed E-state index contributed by atoms with van der Waals surface area (Å²) in [7, 11) is 0.